The zero-order chi connectivity index (χ0) is 17.3. The molecule has 5 nitrogen and oxygen atoms in total. The summed E-state index contributed by atoms with van der Waals surface area (Å²) in [5.74, 6) is 0.356. The van der Waals surface area contributed by atoms with Crippen molar-refractivity contribution in [1.82, 2.24) is 0 Å². The van der Waals surface area contributed by atoms with E-state index >= 15 is 0 Å². The van der Waals surface area contributed by atoms with Gasteiger partial charge in [-0.15, -0.1) is 0 Å². The smallest absolute Gasteiger partial charge is 0.347 e. The van der Waals surface area contributed by atoms with Crippen molar-refractivity contribution in [2.45, 2.75) is 46.1 Å². The summed E-state index contributed by atoms with van der Waals surface area (Å²) in [6.45, 7) is 5.96. The largest absolute Gasteiger partial charge is 0.479 e. The molecule has 0 fully saturated rings. The van der Waals surface area contributed by atoms with Crippen LogP contribution in [0.5, 0.6) is 5.75 Å². The third-order valence-electron chi connectivity index (χ3n) is 4.15. The first-order chi connectivity index (χ1) is 11.5. The maximum Gasteiger partial charge on any atom is 0.347 e. The maximum absolute atomic E-state index is 12.0. The first-order valence-corrected chi connectivity index (χ1v) is 8.37. The number of hydrogen-bond donors (Lipinski definition) is 0. The summed E-state index contributed by atoms with van der Waals surface area (Å²) >= 11 is 0. The van der Waals surface area contributed by atoms with E-state index in [2.05, 4.69) is 0 Å². The number of benzene rings is 1. The van der Waals surface area contributed by atoms with E-state index in [0.717, 1.165) is 35.8 Å². The van der Waals surface area contributed by atoms with Crippen LogP contribution < -0.4 is 10.4 Å². The quantitative estimate of drug-likeness (QED) is 0.622. The molecule has 0 aliphatic heterocycles. The molecule has 1 unspecified atom stereocenters. The number of hydrogen-bond acceptors (Lipinski definition) is 5. The maximum atomic E-state index is 12.0. The number of esters is 1. The van der Waals surface area contributed by atoms with Crippen LogP contribution in [0.4, 0.5) is 0 Å². The van der Waals surface area contributed by atoms with E-state index in [-0.39, 0.29) is 11.5 Å². The third kappa shape index (κ3) is 3.30. The van der Waals surface area contributed by atoms with E-state index < -0.39 is 12.1 Å². The summed E-state index contributed by atoms with van der Waals surface area (Å²) in [5.41, 5.74) is 2.11. The van der Waals surface area contributed by atoms with Crippen LogP contribution in [0.2, 0.25) is 0 Å². The summed E-state index contributed by atoms with van der Waals surface area (Å²) in [6.07, 6.45) is 1.94. The van der Waals surface area contributed by atoms with Gasteiger partial charge in [-0.05, 0) is 49.8 Å². The Hall–Kier alpha value is -2.30. The van der Waals surface area contributed by atoms with Crippen LogP contribution in [-0.2, 0) is 22.4 Å². The van der Waals surface area contributed by atoms with Crippen LogP contribution in [0, 0.1) is 5.92 Å². The summed E-state index contributed by atoms with van der Waals surface area (Å²) < 4.78 is 16.2. The minimum absolute atomic E-state index is 0.267. The Morgan fingerprint density at radius 2 is 1.96 bits per heavy atom. The molecule has 1 heterocycles. The second-order valence-electron chi connectivity index (χ2n) is 6.64. The number of carbonyl (C=O) groups excluding carboxylic acids is 1. The number of ether oxygens (including phenoxy) is 2. The lowest BCUT2D eigenvalue weighted by Gasteiger charge is -2.15. The Balaban J connectivity index is 1.80. The second-order valence-corrected chi connectivity index (χ2v) is 6.64. The van der Waals surface area contributed by atoms with Gasteiger partial charge in [0, 0.05) is 17.0 Å². The summed E-state index contributed by atoms with van der Waals surface area (Å²) in [7, 11) is 0. The van der Waals surface area contributed by atoms with Crippen molar-refractivity contribution in [2.24, 2.45) is 5.92 Å². The first kappa shape index (κ1) is 16.6. The van der Waals surface area contributed by atoms with Gasteiger partial charge in [-0.1, -0.05) is 13.8 Å². The van der Waals surface area contributed by atoms with Crippen molar-refractivity contribution >= 4 is 16.9 Å². The van der Waals surface area contributed by atoms with E-state index in [4.69, 9.17) is 13.9 Å². The highest BCUT2D eigenvalue weighted by molar-refractivity contribution is 5.83. The van der Waals surface area contributed by atoms with Crippen LogP contribution in [0.1, 0.15) is 38.3 Å². The van der Waals surface area contributed by atoms with Crippen molar-refractivity contribution in [3.8, 4) is 5.75 Å². The van der Waals surface area contributed by atoms with Gasteiger partial charge in [0.1, 0.15) is 11.3 Å². The van der Waals surface area contributed by atoms with Gasteiger partial charge >= 0.3 is 11.6 Å². The van der Waals surface area contributed by atoms with Gasteiger partial charge in [0.05, 0.1) is 6.61 Å². The van der Waals surface area contributed by atoms with E-state index in [0.29, 0.717) is 17.9 Å². The molecule has 0 N–H and O–H groups in total. The minimum Gasteiger partial charge on any atom is -0.479 e. The number of rotatable bonds is 5. The Bertz CT molecular complexity index is 818. The fourth-order valence-corrected chi connectivity index (χ4v) is 2.96. The molecule has 24 heavy (non-hydrogen) atoms. The molecule has 0 saturated carbocycles. The predicted molar refractivity (Wildman–Crippen MR) is 90.4 cm³/mol. The zero-order valence-corrected chi connectivity index (χ0v) is 14.3. The van der Waals surface area contributed by atoms with E-state index in [1.165, 1.54) is 0 Å². The number of aryl methyl sites for hydroxylation is 1. The highest BCUT2D eigenvalue weighted by Gasteiger charge is 2.21. The molecule has 5 heteroatoms. The van der Waals surface area contributed by atoms with Gasteiger partial charge in [-0.3, -0.25) is 0 Å². The van der Waals surface area contributed by atoms with Gasteiger partial charge in [0.15, 0.2) is 6.10 Å². The average Bonchev–Trinajstić information content (AvgIpc) is 3.02. The topological polar surface area (TPSA) is 65.7 Å². The SMILES string of the molecule is CC(C)COC(=O)C(C)Oc1ccc2c3c(c(=O)oc2c1)CCC3. The molecule has 0 saturated heterocycles. The molecule has 1 aliphatic carbocycles. The molecule has 2 aromatic rings. The lowest BCUT2D eigenvalue weighted by atomic mass is 10.1. The van der Waals surface area contributed by atoms with Crippen LogP contribution in [0.15, 0.2) is 27.4 Å². The van der Waals surface area contributed by atoms with Crippen LogP contribution in [-0.4, -0.2) is 18.7 Å². The molecule has 3 rings (SSSR count). The predicted octanol–water partition coefficient (Wildman–Crippen LogP) is 3.25. The fraction of sp³-hybridized carbons (Fsp3) is 0.474. The lowest BCUT2D eigenvalue weighted by Crippen LogP contribution is -2.27. The van der Waals surface area contributed by atoms with Gasteiger partial charge in [-0.2, -0.15) is 0 Å². The van der Waals surface area contributed by atoms with Crippen molar-refractivity contribution in [3.63, 3.8) is 0 Å². The molecule has 128 valence electrons. The van der Waals surface area contributed by atoms with E-state index in [1.54, 1.807) is 19.1 Å². The van der Waals surface area contributed by atoms with Crippen LogP contribution in [0.3, 0.4) is 0 Å². The molecule has 1 aromatic heterocycles. The van der Waals surface area contributed by atoms with Crippen molar-refractivity contribution < 1.29 is 18.7 Å². The molecule has 1 atom stereocenters. The highest BCUT2D eigenvalue weighted by atomic mass is 16.6. The summed E-state index contributed by atoms with van der Waals surface area (Å²) in [4.78, 5) is 23.9. The van der Waals surface area contributed by atoms with Crippen LogP contribution in [0.25, 0.3) is 11.0 Å². The second kappa shape index (κ2) is 6.67. The molecule has 0 bridgehead atoms. The Morgan fingerprint density at radius 3 is 2.71 bits per heavy atom. The molecule has 1 aromatic carbocycles. The van der Waals surface area contributed by atoms with E-state index in [1.807, 2.05) is 19.9 Å². The van der Waals surface area contributed by atoms with Crippen molar-refractivity contribution in [2.75, 3.05) is 6.61 Å². The normalized spacial score (nSPS) is 14.7. The van der Waals surface area contributed by atoms with Gasteiger partial charge < -0.3 is 13.9 Å². The average molecular weight is 330 g/mol. The van der Waals surface area contributed by atoms with Gasteiger partial charge in [0.25, 0.3) is 0 Å². The Labute approximate surface area is 140 Å². The molecular weight excluding hydrogens is 308 g/mol. The van der Waals surface area contributed by atoms with Gasteiger partial charge in [-0.25, -0.2) is 9.59 Å². The number of fused-ring (bicyclic) bond motifs is 3. The van der Waals surface area contributed by atoms with Crippen molar-refractivity contribution in [3.05, 3.63) is 39.7 Å². The molecule has 0 radical (unpaired) electrons. The molecule has 0 amide bonds. The molecule has 1 aliphatic rings. The van der Waals surface area contributed by atoms with Crippen LogP contribution >= 0.6 is 0 Å². The first-order valence-electron chi connectivity index (χ1n) is 8.37. The van der Waals surface area contributed by atoms with Gasteiger partial charge in [0.2, 0.25) is 0 Å². The third-order valence-corrected chi connectivity index (χ3v) is 4.15. The molecule has 0 spiro atoms. The van der Waals surface area contributed by atoms with E-state index in [9.17, 15) is 9.59 Å². The summed E-state index contributed by atoms with van der Waals surface area (Å²) in [6, 6.07) is 5.36. The minimum atomic E-state index is -0.720. The Morgan fingerprint density at radius 1 is 1.21 bits per heavy atom. The Kier molecular flexibility index (Phi) is 4.60. The summed E-state index contributed by atoms with van der Waals surface area (Å²) in [5, 5.41) is 0.949. The standard InChI is InChI=1S/C19H22O5/c1-11(2)10-22-18(20)12(3)23-13-7-8-15-14-5-4-6-16(14)19(21)24-17(15)9-13/h7-9,11-12H,4-6,10H2,1-3H3. The lowest BCUT2D eigenvalue weighted by molar-refractivity contribution is -0.152. The van der Waals surface area contributed by atoms with Crippen molar-refractivity contribution in [1.29, 1.82) is 0 Å². The zero-order valence-electron chi connectivity index (χ0n) is 14.3. The highest BCUT2D eigenvalue weighted by Crippen LogP contribution is 2.29. The number of carbonyl (C=O) groups is 1. The monoisotopic (exact) mass is 330 g/mol. The molecular formula is C19H22O5. The fourth-order valence-electron chi connectivity index (χ4n) is 2.96.